The number of carbonyl (C=O) groups excluding carboxylic acids is 1. The van der Waals surface area contributed by atoms with Gasteiger partial charge in [0.15, 0.2) is 16.5 Å². The number of carbonyl (C=O) groups is 1. The van der Waals surface area contributed by atoms with E-state index in [1.54, 1.807) is 18.2 Å². The Morgan fingerprint density at radius 2 is 1.82 bits per heavy atom. The number of aromatic nitrogens is 1. The third kappa shape index (κ3) is 4.08. The van der Waals surface area contributed by atoms with Gasteiger partial charge in [-0.25, -0.2) is 4.98 Å². The lowest BCUT2D eigenvalue weighted by atomic mass is 10.1. The number of nitrogens with one attached hydrogen (secondary N) is 2. The van der Waals surface area contributed by atoms with E-state index in [0.717, 1.165) is 27.8 Å². The molecule has 33 heavy (non-hydrogen) atoms. The summed E-state index contributed by atoms with van der Waals surface area (Å²) in [7, 11) is 0. The first-order valence-electron chi connectivity index (χ1n) is 10.2. The number of aryl methyl sites for hydroxylation is 2. The predicted octanol–water partition coefficient (Wildman–Crippen LogP) is 6.64. The highest BCUT2D eigenvalue weighted by Gasteiger charge is 2.19. The third-order valence-corrected chi connectivity index (χ3v) is 5.80. The Kier molecular flexibility index (Phi) is 5.36. The molecule has 3 aromatic carbocycles. The molecule has 2 N–H and O–H groups in total. The van der Waals surface area contributed by atoms with Crippen LogP contribution in [0, 0.1) is 13.8 Å². The van der Waals surface area contributed by atoms with Crippen molar-refractivity contribution in [3.05, 3.63) is 82.6 Å². The number of furan rings is 1. The van der Waals surface area contributed by atoms with Crippen molar-refractivity contribution in [2.24, 2.45) is 0 Å². The maximum atomic E-state index is 12.8. The molecule has 0 aliphatic rings. The highest BCUT2D eigenvalue weighted by atomic mass is 35.5. The molecular formula is C25H18ClN3O3S. The van der Waals surface area contributed by atoms with Gasteiger partial charge >= 0.3 is 0 Å². The molecule has 0 unspecified atom stereocenters. The summed E-state index contributed by atoms with van der Waals surface area (Å²) in [5.74, 6) is 0.282. The van der Waals surface area contributed by atoms with E-state index in [4.69, 9.17) is 32.7 Å². The molecule has 5 aromatic rings. The van der Waals surface area contributed by atoms with Crippen LogP contribution in [-0.4, -0.2) is 16.0 Å². The zero-order valence-corrected chi connectivity index (χ0v) is 19.3. The topological polar surface area (TPSA) is 80.3 Å². The monoisotopic (exact) mass is 475 g/mol. The fourth-order valence-electron chi connectivity index (χ4n) is 3.62. The second-order valence-electron chi connectivity index (χ2n) is 7.62. The molecule has 0 spiro atoms. The smallest absolute Gasteiger partial charge is 0.293 e. The Morgan fingerprint density at radius 1 is 1.00 bits per heavy atom. The van der Waals surface area contributed by atoms with Crippen molar-refractivity contribution in [3.63, 3.8) is 0 Å². The van der Waals surface area contributed by atoms with Crippen LogP contribution in [0.4, 0.5) is 5.69 Å². The molecule has 0 bridgehead atoms. The van der Waals surface area contributed by atoms with Gasteiger partial charge in [-0.05, 0) is 68.0 Å². The number of benzene rings is 3. The van der Waals surface area contributed by atoms with E-state index >= 15 is 0 Å². The molecule has 0 fully saturated rings. The number of anilines is 1. The van der Waals surface area contributed by atoms with Gasteiger partial charge in [0.2, 0.25) is 5.89 Å². The average molecular weight is 476 g/mol. The first-order valence-corrected chi connectivity index (χ1v) is 11.0. The molecule has 2 heterocycles. The van der Waals surface area contributed by atoms with E-state index in [-0.39, 0.29) is 10.9 Å². The maximum absolute atomic E-state index is 12.8. The van der Waals surface area contributed by atoms with Gasteiger partial charge in [-0.3, -0.25) is 10.1 Å². The molecule has 8 heteroatoms. The number of hydrogen-bond acceptors (Lipinski definition) is 5. The zero-order valence-electron chi connectivity index (χ0n) is 17.7. The predicted molar refractivity (Wildman–Crippen MR) is 134 cm³/mol. The van der Waals surface area contributed by atoms with E-state index in [2.05, 4.69) is 15.6 Å². The number of halogens is 1. The molecular weight excluding hydrogens is 458 g/mol. The quantitative estimate of drug-likeness (QED) is 0.285. The molecule has 0 atom stereocenters. The lowest BCUT2D eigenvalue weighted by Gasteiger charge is -2.12. The Bertz CT molecular complexity index is 1550. The van der Waals surface area contributed by atoms with Gasteiger partial charge in [0.05, 0.1) is 0 Å². The molecule has 5 rings (SSSR count). The minimum Gasteiger partial charge on any atom is -0.451 e. The standard InChI is InChI=1S/C25H18ClN3O3S/c1-13-7-8-15(24-27-19-12-16(26)9-10-21(19)32-24)11-18(13)28-25(33)29-23(30)22-14(2)17-5-3-4-6-20(17)31-22/h3-12H,1-2H3,(H2,28,29,30,33). The minimum absolute atomic E-state index is 0.157. The minimum atomic E-state index is -0.411. The molecule has 164 valence electrons. The summed E-state index contributed by atoms with van der Waals surface area (Å²) in [6.07, 6.45) is 0. The number of rotatable bonds is 3. The van der Waals surface area contributed by atoms with E-state index in [1.807, 2.05) is 56.3 Å². The van der Waals surface area contributed by atoms with Crippen LogP contribution in [0.1, 0.15) is 21.7 Å². The van der Waals surface area contributed by atoms with Crippen LogP contribution in [0.5, 0.6) is 0 Å². The Balaban J connectivity index is 1.36. The van der Waals surface area contributed by atoms with Crippen LogP contribution in [0.25, 0.3) is 33.5 Å². The van der Waals surface area contributed by atoms with E-state index in [1.165, 1.54) is 0 Å². The van der Waals surface area contributed by atoms with Crippen molar-refractivity contribution < 1.29 is 13.6 Å². The van der Waals surface area contributed by atoms with Crippen molar-refractivity contribution in [1.82, 2.24) is 10.3 Å². The lowest BCUT2D eigenvalue weighted by molar-refractivity contribution is 0.0952. The Labute approximate surface area is 199 Å². The van der Waals surface area contributed by atoms with Crippen molar-refractivity contribution in [1.29, 1.82) is 0 Å². The number of para-hydroxylation sites is 1. The van der Waals surface area contributed by atoms with Crippen molar-refractivity contribution in [3.8, 4) is 11.5 Å². The number of hydrogen-bond donors (Lipinski definition) is 2. The fourth-order valence-corrected chi connectivity index (χ4v) is 3.99. The second-order valence-corrected chi connectivity index (χ2v) is 8.47. The number of amides is 1. The maximum Gasteiger partial charge on any atom is 0.293 e. The van der Waals surface area contributed by atoms with Crippen LogP contribution < -0.4 is 10.6 Å². The van der Waals surface area contributed by atoms with Gasteiger partial charge in [0, 0.05) is 27.2 Å². The van der Waals surface area contributed by atoms with Gasteiger partial charge in [-0.2, -0.15) is 0 Å². The van der Waals surface area contributed by atoms with Gasteiger partial charge in [-0.1, -0.05) is 35.9 Å². The van der Waals surface area contributed by atoms with Crippen LogP contribution in [0.15, 0.2) is 69.5 Å². The van der Waals surface area contributed by atoms with Gasteiger partial charge in [0.25, 0.3) is 5.91 Å². The summed E-state index contributed by atoms with van der Waals surface area (Å²) >= 11 is 11.4. The van der Waals surface area contributed by atoms with Crippen LogP contribution in [-0.2, 0) is 0 Å². The number of oxazole rings is 1. The lowest BCUT2D eigenvalue weighted by Crippen LogP contribution is -2.34. The summed E-state index contributed by atoms with van der Waals surface area (Å²) in [6, 6.07) is 18.5. The average Bonchev–Trinajstić information content (AvgIpc) is 3.36. The molecule has 1 amide bonds. The summed E-state index contributed by atoms with van der Waals surface area (Å²) in [6.45, 7) is 3.78. The largest absolute Gasteiger partial charge is 0.451 e. The number of thiocarbonyl (C=S) groups is 1. The second kappa shape index (κ2) is 8.35. The molecule has 0 saturated heterocycles. The highest BCUT2D eigenvalue weighted by molar-refractivity contribution is 7.80. The molecule has 0 radical (unpaired) electrons. The summed E-state index contributed by atoms with van der Waals surface area (Å²) in [5.41, 5.74) is 5.17. The Hall–Kier alpha value is -3.68. The summed E-state index contributed by atoms with van der Waals surface area (Å²) in [4.78, 5) is 17.3. The van der Waals surface area contributed by atoms with Crippen molar-refractivity contribution >= 4 is 62.6 Å². The normalized spacial score (nSPS) is 11.1. The van der Waals surface area contributed by atoms with Crippen LogP contribution >= 0.6 is 23.8 Å². The third-order valence-electron chi connectivity index (χ3n) is 5.36. The van der Waals surface area contributed by atoms with Crippen molar-refractivity contribution in [2.45, 2.75) is 13.8 Å². The van der Waals surface area contributed by atoms with Gasteiger partial charge < -0.3 is 14.2 Å². The van der Waals surface area contributed by atoms with Gasteiger partial charge in [0.1, 0.15) is 11.1 Å². The molecule has 0 aliphatic heterocycles. The molecule has 6 nitrogen and oxygen atoms in total. The van der Waals surface area contributed by atoms with Gasteiger partial charge in [-0.15, -0.1) is 0 Å². The summed E-state index contributed by atoms with van der Waals surface area (Å²) < 4.78 is 11.6. The van der Waals surface area contributed by atoms with E-state index < -0.39 is 5.91 Å². The first-order chi connectivity index (χ1) is 15.9. The zero-order chi connectivity index (χ0) is 23.1. The highest BCUT2D eigenvalue weighted by Crippen LogP contribution is 2.29. The fraction of sp³-hybridized carbons (Fsp3) is 0.0800. The number of fused-ring (bicyclic) bond motifs is 2. The Morgan fingerprint density at radius 3 is 2.64 bits per heavy atom. The molecule has 0 saturated carbocycles. The van der Waals surface area contributed by atoms with E-state index in [0.29, 0.717) is 27.6 Å². The van der Waals surface area contributed by atoms with Crippen LogP contribution in [0.2, 0.25) is 5.02 Å². The summed E-state index contributed by atoms with van der Waals surface area (Å²) in [5, 5.41) is 7.42. The van der Waals surface area contributed by atoms with Crippen molar-refractivity contribution in [2.75, 3.05) is 5.32 Å². The number of nitrogens with zero attached hydrogens (tertiary/aromatic N) is 1. The van der Waals surface area contributed by atoms with E-state index in [9.17, 15) is 4.79 Å². The SMILES string of the molecule is Cc1ccc(-c2nc3cc(Cl)ccc3o2)cc1NC(=S)NC(=O)c1oc2ccccc2c1C. The first kappa shape index (κ1) is 21.2. The molecule has 0 aliphatic carbocycles. The molecule has 2 aromatic heterocycles. The van der Waals surface area contributed by atoms with Crippen LogP contribution in [0.3, 0.4) is 0 Å².